The standard InChI is InChI=1S/C27H40N6O6/c1-5-16(4)24(33-22(34)12-28)27(39)32-21(11-17-13-29-19-9-7-6-8-18(17)19)26(38)31-20(10-15(2)3)25(37)30-14-23(35)36/h6-9,13,15-16,20-21,24,29H,5,10-12,14,28H2,1-4H3,(H,30,37)(H,31,38)(H,32,39)(H,33,34)(H,35,36)/t16-,20-,21-,24-/m0/s1. The van der Waals surface area contributed by atoms with E-state index >= 15 is 0 Å². The van der Waals surface area contributed by atoms with Crippen LogP contribution in [0, 0.1) is 11.8 Å². The summed E-state index contributed by atoms with van der Waals surface area (Å²) >= 11 is 0. The number of nitrogens with two attached hydrogens (primary N) is 1. The lowest BCUT2D eigenvalue weighted by molar-refractivity contribution is -0.138. The number of nitrogens with one attached hydrogen (secondary N) is 5. The van der Waals surface area contributed by atoms with Crippen molar-refractivity contribution >= 4 is 40.5 Å². The van der Waals surface area contributed by atoms with Gasteiger partial charge in [-0.3, -0.25) is 24.0 Å². The quantitative estimate of drug-likeness (QED) is 0.169. The number of para-hydroxylation sites is 1. The van der Waals surface area contributed by atoms with Crippen molar-refractivity contribution in [1.29, 1.82) is 0 Å². The number of benzene rings is 1. The summed E-state index contributed by atoms with van der Waals surface area (Å²) in [6.07, 6.45) is 2.70. The van der Waals surface area contributed by atoms with Crippen LogP contribution in [0.4, 0.5) is 0 Å². The molecule has 214 valence electrons. The molecular weight excluding hydrogens is 504 g/mol. The molecule has 0 spiro atoms. The normalized spacial score (nSPS) is 14.2. The van der Waals surface area contributed by atoms with Gasteiger partial charge in [-0.25, -0.2) is 0 Å². The third-order valence-corrected chi connectivity index (χ3v) is 6.48. The molecule has 0 unspecified atom stereocenters. The molecule has 1 aromatic carbocycles. The number of aromatic nitrogens is 1. The number of amides is 4. The first kappa shape index (κ1) is 31.3. The van der Waals surface area contributed by atoms with Gasteiger partial charge in [-0.05, 0) is 29.9 Å². The second-order valence-electron chi connectivity index (χ2n) is 10.1. The van der Waals surface area contributed by atoms with Gasteiger partial charge in [0.2, 0.25) is 23.6 Å². The van der Waals surface area contributed by atoms with E-state index in [9.17, 15) is 24.0 Å². The highest BCUT2D eigenvalue weighted by Gasteiger charge is 2.32. The molecule has 4 atom stereocenters. The van der Waals surface area contributed by atoms with E-state index in [0.717, 1.165) is 16.5 Å². The van der Waals surface area contributed by atoms with Crippen LogP contribution in [0.25, 0.3) is 10.9 Å². The maximum atomic E-state index is 13.6. The summed E-state index contributed by atoms with van der Waals surface area (Å²) in [5.74, 6) is -3.75. The molecular formula is C27H40N6O6. The van der Waals surface area contributed by atoms with Crippen molar-refractivity contribution in [2.24, 2.45) is 17.6 Å². The number of aromatic amines is 1. The Hall–Kier alpha value is -3.93. The number of aliphatic carboxylic acids is 1. The lowest BCUT2D eigenvalue weighted by Crippen LogP contribution is -2.59. The van der Waals surface area contributed by atoms with E-state index in [2.05, 4.69) is 26.3 Å². The third kappa shape index (κ3) is 9.40. The monoisotopic (exact) mass is 544 g/mol. The number of H-pyrrole nitrogens is 1. The maximum absolute atomic E-state index is 13.6. The molecule has 2 aromatic rings. The first-order valence-electron chi connectivity index (χ1n) is 13.1. The predicted molar refractivity (Wildman–Crippen MR) is 146 cm³/mol. The van der Waals surface area contributed by atoms with Gasteiger partial charge in [-0.1, -0.05) is 52.3 Å². The van der Waals surface area contributed by atoms with E-state index in [4.69, 9.17) is 10.8 Å². The van der Waals surface area contributed by atoms with Crippen molar-refractivity contribution < 1.29 is 29.1 Å². The molecule has 0 fully saturated rings. The molecule has 12 nitrogen and oxygen atoms in total. The summed E-state index contributed by atoms with van der Waals surface area (Å²) in [6.45, 7) is 6.54. The summed E-state index contributed by atoms with van der Waals surface area (Å²) in [7, 11) is 0. The van der Waals surface area contributed by atoms with Gasteiger partial charge in [0.05, 0.1) is 6.54 Å². The van der Waals surface area contributed by atoms with Crippen molar-refractivity contribution in [1.82, 2.24) is 26.3 Å². The number of hydrogen-bond donors (Lipinski definition) is 7. The zero-order valence-corrected chi connectivity index (χ0v) is 22.9. The molecule has 0 bridgehead atoms. The molecule has 39 heavy (non-hydrogen) atoms. The van der Waals surface area contributed by atoms with Crippen LogP contribution in [0.2, 0.25) is 0 Å². The Bertz CT molecular complexity index is 1160. The second-order valence-corrected chi connectivity index (χ2v) is 10.1. The number of carboxylic acid groups (broad SMARTS) is 1. The number of carboxylic acids is 1. The van der Waals surface area contributed by atoms with Crippen molar-refractivity contribution in [3.05, 3.63) is 36.0 Å². The Kier molecular flexibility index (Phi) is 11.9. The van der Waals surface area contributed by atoms with Crippen LogP contribution in [0.5, 0.6) is 0 Å². The number of hydrogen-bond acceptors (Lipinski definition) is 6. The molecule has 1 aromatic heterocycles. The molecule has 0 saturated heterocycles. The van der Waals surface area contributed by atoms with Gasteiger partial charge in [0, 0.05) is 23.5 Å². The van der Waals surface area contributed by atoms with Crippen LogP contribution in [0.3, 0.4) is 0 Å². The van der Waals surface area contributed by atoms with Gasteiger partial charge in [0.1, 0.15) is 24.7 Å². The van der Waals surface area contributed by atoms with E-state index < -0.39 is 54.3 Å². The fourth-order valence-corrected chi connectivity index (χ4v) is 4.19. The summed E-state index contributed by atoms with van der Waals surface area (Å²) in [4.78, 5) is 65.8. The van der Waals surface area contributed by atoms with Crippen LogP contribution in [-0.4, -0.2) is 70.9 Å². The molecule has 0 saturated carbocycles. The van der Waals surface area contributed by atoms with Gasteiger partial charge in [-0.2, -0.15) is 0 Å². The second kappa shape index (κ2) is 14.9. The number of carbonyl (C=O) groups is 5. The topological polar surface area (TPSA) is 196 Å². The Morgan fingerprint density at radius 3 is 2.23 bits per heavy atom. The van der Waals surface area contributed by atoms with Crippen LogP contribution in [0.15, 0.2) is 30.5 Å². The van der Waals surface area contributed by atoms with Crippen LogP contribution < -0.4 is 27.0 Å². The molecule has 0 radical (unpaired) electrons. The van der Waals surface area contributed by atoms with Gasteiger partial charge in [0.25, 0.3) is 0 Å². The van der Waals surface area contributed by atoms with E-state index in [1.165, 1.54) is 0 Å². The first-order valence-corrected chi connectivity index (χ1v) is 13.1. The largest absolute Gasteiger partial charge is 0.480 e. The van der Waals surface area contributed by atoms with Crippen molar-refractivity contribution in [2.45, 2.75) is 65.1 Å². The SMILES string of the molecule is CC[C@H](C)[C@H](NC(=O)CN)C(=O)N[C@@H](Cc1c[nH]c2ccccc12)C(=O)N[C@@H](CC(C)C)C(=O)NCC(=O)O. The Labute approximate surface area is 227 Å². The lowest BCUT2D eigenvalue weighted by atomic mass is 9.96. The zero-order chi connectivity index (χ0) is 29.1. The Balaban J connectivity index is 2.36. The summed E-state index contributed by atoms with van der Waals surface area (Å²) < 4.78 is 0. The molecule has 2 rings (SSSR count). The highest BCUT2D eigenvalue weighted by Crippen LogP contribution is 2.20. The fraction of sp³-hybridized carbons (Fsp3) is 0.519. The van der Waals surface area contributed by atoms with Crippen LogP contribution >= 0.6 is 0 Å². The van der Waals surface area contributed by atoms with E-state index in [1.807, 2.05) is 45.0 Å². The highest BCUT2D eigenvalue weighted by atomic mass is 16.4. The minimum Gasteiger partial charge on any atom is -0.480 e. The average Bonchev–Trinajstić information content (AvgIpc) is 3.31. The molecule has 12 heteroatoms. The third-order valence-electron chi connectivity index (χ3n) is 6.48. The summed E-state index contributed by atoms with van der Waals surface area (Å²) in [6, 6.07) is 4.48. The van der Waals surface area contributed by atoms with E-state index in [0.29, 0.717) is 6.42 Å². The Morgan fingerprint density at radius 1 is 0.949 bits per heavy atom. The first-order chi connectivity index (χ1) is 18.5. The predicted octanol–water partition coefficient (Wildman–Crippen LogP) is 0.417. The number of carbonyl (C=O) groups excluding carboxylic acids is 4. The Morgan fingerprint density at radius 2 is 1.62 bits per heavy atom. The van der Waals surface area contributed by atoms with E-state index in [1.54, 1.807) is 13.1 Å². The molecule has 8 N–H and O–H groups in total. The van der Waals surface area contributed by atoms with Crippen molar-refractivity contribution in [2.75, 3.05) is 13.1 Å². The maximum Gasteiger partial charge on any atom is 0.322 e. The van der Waals surface area contributed by atoms with Crippen LogP contribution in [0.1, 0.15) is 46.1 Å². The molecule has 4 amide bonds. The molecule has 1 heterocycles. The van der Waals surface area contributed by atoms with Gasteiger partial charge in [-0.15, -0.1) is 0 Å². The minimum absolute atomic E-state index is 0.00814. The van der Waals surface area contributed by atoms with Gasteiger partial charge in [0.15, 0.2) is 0 Å². The van der Waals surface area contributed by atoms with Gasteiger partial charge < -0.3 is 37.1 Å². The zero-order valence-electron chi connectivity index (χ0n) is 22.9. The number of rotatable bonds is 15. The molecule has 0 aliphatic carbocycles. The summed E-state index contributed by atoms with van der Waals surface area (Å²) in [5.41, 5.74) is 7.06. The molecule has 0 aliphatic rings. The molecule has 0 aliphatic heterocycles. The minimum atomic E-state index is -1.21. The highest BCUT2D eigenvalue weighted by molar-refractivity contribution is 5.95. The summed E-state index contributed by atoms with van der Waals surface area (Å²) in [5, 5.41) is 20.2. The van der Waals surface area contributed by atoms with Crippen molar-refractivity contribution in [3.8, 4) is 0 Å². The van der Waals surface area contributed by atoms with Gasteiger partial charge >= 0.3 is 5.97 Å². The fourth-order valence-electron chi connectivity index (χ4n) is 4.19. The van der Waals surface area contributed by atoms with E-state index in [-0.39, 0.29) is 31.2 Å². The number of fused-ring (bicyclic) bond motifs is 1. The van der Waals surface area contributed by atoms with Crippen molar-refractivity contribution in [3.63, 3.8) is 0 Å². The average molecular weight is 545 g/mol. The van der Waals surface area contributed by atoms with Crippen LogP contribution in [-0.2, 0) is 30.4 Å². The smallest absolute Gasteiger partial charge is 0.322 e. The lowest BCUT2D eigenvalue weighted by Gasteiger charge is -2.28.